The summed E-state index contributed by atoms with van der Waals surface area (Å²) in [6, 6.07) is 0.967. The number of nitrogens with one attached hydrogen (secondary N) is 3. The average molecular weight is 699 g/mol. The maximum absolute atomic E-state index is 14.1. The fraction of sp³-hybridized carbons (Fsp3) is 0.629. The third-order valence-electron chi connectivity index (χ3n) is 8.52. The summed E-state index contributed by atoms with van der Waals surface area (Å²) >= 11 is 0. The van der Waals surface area contributed by atoms with Crippen molar-refractivity contribution >= 4 is 29.7 Å². The molecule has 0 aliphatic rings. The van der Waals surface area contributed by atoms with Gasteiger partial charge in [-0.15, -0.1) is 0 Å². The van der Waals surface area contributed by atoms with Gasteiger partial charge in [-0.3, -0.25) is 19.2 Å². The number of benzene rings is 1. The molecule has 0 aliphatic heterocycles. The molecule has 49 heavy (non-hydrogen) atoms. The van der Waals surface area contributed by atoms with Crippen LogP contribution in [-0.4, -0.2) is 87.0 Å². The lowest BCUT2D eigenvalue weighted by Gasteiger charge is -2.40. The number of esters is 2. The molecule has 0 spiro atoms. The quantitative estimate of drug-likeness (QED) is 0.183. The largest absolute Gasteiger partial charge is 0.469 e. The number of carbonyl (C=O) groups excluding carboxylic acids is 5. The molecule has 1 aromatic carbocycles. The van der Waals surface area contributed by atoms with Crippen LogP contribution in [-0.2, 0) is 45.0 Å². The van der Waals surface area contributed by atoms with Gasteiger partial charge in [0.05, 0.1) is 31.9 Å². The SMILES string of the molecule is CN[C@H](C(=O)N[C@H](C(=O)N(C)[C@H](/C=C(\C)C(=O)N[C@H](CCC(=O)OC)C(=O)OC)C(C)C)C(C)(C)C)C(C)(C)c1cccc(C(F)(F)F)c1. The number of methoxy groups -OCH3 is 2. The van der Waals surface area contributed by atoms with Gasteiger partial charge in [-0.1, -0.05) is 72.7 Å². The zero-order valence-corrected chi connectivity index (χ0v) is 30.6. The number of carbonyl (C=O) groups is 5. The van der Waals surface area contributed by atoms with Crippen LogP contribution in [0.4, 0.5) is 13.2 Å². The number of likely N-dealkylation sites (N-methyl/N-ethyl adjacent to an activating group) is 2. The van der Waals surface area contributed by atoms with Crippen LogP contribution < -0.4 is 16.0 Å². The summed E-state index contributed by atoms with van der Waals surface area (Å²) in [5.41, 5.74) is -2.28. The Morgan fingerprint density at radius 1 is 0.918 bits per heavy atom. The summed E-state index contributed by atoms with van der Waals surface area (Å²) in [6.45, 7) is 13.8. The number of ether oxygens (including phenoxy) is 2. The van der Waals surface area contributed by atoms with Gasteiger partial charge in [-0.05, 0) is 43.4 Å². The first-order valence-corrected chi connectivity index (χ1v) is 16.0. The van der Waals surface area contributed by atoms with Gasteiger partial charge in [0, 0.05) is 24.5 Å². The maximum Gasteiger partial charge on any atom is 0.416 e. The van der Waals surface area contributed by atoms with E-state index in [9.17, 15) is 37.1 Å². The zero-order chi connectivity index (χ0) is 38.1. The summed E-state index contributed by atoms with van der Waals surface area (Å²) in [5, 5.41) is 8.34. The van der Waals surface area contributed by atoms with Crippen molar-refractivity contribution in [2.24, 2.45) is 11.3 Å². The van der Waals surface area contributed by atoms with E-state index in [1.54, 1.807) is 47.7 Å². The van der Waals surface area contributed by atoms with Crippen molar-refractivity contribution in [2.75, 3.05) is 28.3 Å². The third-order valence-corrected chi connectivity index (χ3v) is 8.52. The highest BCUT2D eigenvalue weighted by Crippen LogP contribution is 2.34. The van der Waals surface area contributed by atoms with Crippen LogP contribution in [0.1, 0.15) is 79.4 Å². The first-order chi connectivity index (χ1) is 22.4. The molecule has 0 bridgehead atoms. The molecule has 1 aromatic rings. The molecule has 3 amide bonds. The van der Waals surface area contributed by atoms with E-state index in [-0.39, 0.29) is 29.9 Å². The molecule has 3 N–H and O–H groups in total. The van der Waals surface area contributed by atoms with Crippen molar-refractivity contribution in [3.8, 4) is 0 Å². The second kappa shape index (κ2) is 17.6. The Morgan fingerprint density at radius 3 is 1.96 bits per heavy atom. The predicted molar refractivity (Wildman–Crippen MR) is 179 cm³/mol. The molecule has 0 heterocycles. The van der Waals surface area contributed by atoms with Gasteiger partial charge in [-0.2, -0.15) is 13.2 Å². The van der Waals surface area contributed by atoms with E-state index in [4.69, 9.17) is 4.74 Å². The van der Waals surface area contributed by atoms with E-state index >= 15 is 0 Å². The summed E-state index contributed by atoms with van der Waals surface area (Å²) < 4.78 is 49.8. The van der Waals surface area contributed by atoms with Gasteiger partial charge in [0.25, 0.3) is 0 Å². The molecule has 0 unspecified atom stereocenters. The predicted octanol–water partition coefficient (Wildman–Crippen LogP) is 4.14. The Hall–Kier alpha value is -3.94. The highest BCUT2D eigenvalue weighted by Gasteiger charge is 2.42. The van der Waals surface area contributed by atoms with Crippen LogP contribution in [0, 0.1) is 11.3 Å². The number of rotatable bonds is 15. The molecule has 0 saturated carbocycles. The second-order valence-electron chi connectivity index (χ2n) is 14.0. The Morgan fingerprint density at radius 2 is 1.49 bits per heavy atom. The number of nitrogens with zero attached hydrogens (tertiary/aromatic N) is 1. The first kappa shape index (κ1) is 43.1. The standard InChI is InChI=1S/C35H53F3N4O7/c1-20(2)25(18-21(3)29(44)40-24(32(47)49-12)16-17-26(43)48-11)42(10)31(46)28(33(4,5)6)41-30(45)27(39-9)34(7,8)22-14-13-15-23(19-22)35(36,37)38/h13-15,18-20,24-25,27-28,39H,16-17H2,1-12H3,(H,40,44)(H,41,45)/b21-18+/t24-,25-,27-,28-/m1/s1. The van der Waals surface area contributed by atoms with Gasteiger partial charge in [0.2, 0.25) is 17.7 Å². The highest BCUT2D eigenvalue weighted by molar-refractivity contribution is 5.96. The van der Waals surface area contributed by atoms with Crippen molar-refractivity contribution in [1.82, 2.24) is 20.9 Å². The molecule has 276 valence electrons. The Kier molecular flexibility index (Phi) is 15.5. The van der Waals surface area contributed by atoms with Gasteiger partial charge in [0.1, 0.15) is 12.1 Å². The minimum Gasteiger partial charge on any atom is -0.469 e. The molecule has 1 rings (SSSR count). The lowest BCUT2D eigenvalue weighted by Crippen LogP contribution is -2.61. The molecule has 0 radical (unpaired) electrons. The normalized spacial score (nSPS) is 15.1. The Balaban J connectivity index is 3.36. The van der Waals surface area contributed by atoms with E-state index in [1.165, 1.54) is 38.1 Å². The fourth-order valence-corrected chi connectivity index (χ4v) is 5.42. The number of halogens is 3. The fourth-order valence-electron chi connectivity index (χ4n) is 5.42. The maximum atomic E-state index is 14.1. The highest BCUT2D eigenvalue weighted by atomic mass is 19.4. The number of hydrogen-bond donors (Lipinski definition) is 3. The van der Waals surface area contributed by atoms with E-state index in [0.29, 0.717) is 0 Å². The molecule has 11 nitrogen and oxygen atoms in total. The van der Waals surface area contributed by atoms with E-state index in [2.05, 4.69) is 20.7 Å². The van der Waals surface area contributed by atoms with Crippen LogP contribution in [0.15, 0.2) is 35.9 Å². The number of hydrogen-bond acceptors (Lipinski definition) is 8. The van der Waals surface area contributed by atoms with Gasteiger partial charge >= 0.3 is 18.1 Å². The van der Waals surface area contributed by atoms with Crippen molar-refractivity contribution in [2.45, 2.75) is 104 Å². The van der Waals surface area contributed by atoms with E-state index in [1.807, 2.05) is 13.8 Å². The number of amides is 3. The van der Waals surface area contributed by atoms with Crippen molar-refractivity contribution < 1.29 is 46.6 Å². The monoisotopic (exact) mass is 698 g/mol. The van der Waals surface area contributed by atoms with Crippen LogP contribution in [0.3, 0.4) is 0 Å². The molecule has 0 aliphatic carbocycles. The lowest BCUT2D eigenvalue weighted by atomic mass is 9.76. The molecular formula is C35H53F3N4O7. The van der Waals surface area contributed by atoms with Crippen LogP contribution in [0.25, 0.3) is 0 Å². The van der Waals surface area contributed by atoms with Gasteiger partial charge in [-0.25, -0.2) is 4.79 Å². The van der Waals surface area contributed by atoms with Gasteiger partial charge < -0.3 is 30.3 Å². The Bertz CT molecular complexity index is 1370. The average Bonchev–Trinajstić information content (AvgIpc) is 3.01. The number of alkyl halides is 3. The molecule has 0 saturated heterocycles. The van der Waals surface area contributed by atoms with E-state index < -0.39 is 76.4 Å². The third kappa shape index (κ3) is 11.9. The smallest absolute Gasteiger partial charge is 0.416 e. The Labute approximate surface area is 287 Å². The molecule has 4 atom stereocenters. The minimum atomic E-state index is -4.56. The van der Waals surface area contributed by atoms with Crippen LogP contribution in [0.5, 0.6) is 0 Å². The molecular weight excluding hydrogens is 645 g/mol. The van der Waals surface area contributed by atoms with Crippen molar-refractivity contribution in [3.05, 3.63) is 47.0 Å². The zero-order valence-electron chi connectivity index (χ0n) is 30.6. The van der Waals surface area contributed by atoms with E-state index in [0.717, 1.165) is 19.2 Å². The lowest BCUT2D eigenvalue weighted by molar-refractivity contribution is -0.146. The second-order valence-corrected chi connectivity index (χ2v) is 14.0. The first-order valence-electron chi connectivity index (χ1n) is 16.0. The molecule has 14 heteroatoms. The minimum absolute atomic E-state index is 0.0461. The molecule has 0 aromatic heterocycles. The summed E-state index contributed by atoms with van der Waals surface area (Å²) in [7, 11) is 5.44. The van der Waals surface area contributed by atoms with Crippen molar-refractivity contribution in [1.29, 1.82) is 0 Å². The summed E-state index contributed by atoms with van der Waals surface area (Å²) in [5.74, 6) is -3.15. The summed E-state index contributed by atoms with van der Waals surface area (Å²) in [4.78, 5) is 66.4. The van der Waals surface area contributed by atoms with Crippen molar-refractivity contribution in [3.63, 3.8) is 0 Å². The van der Waals surface area contributed by atoms with Crippen LogP contribution in [0.2, 0.25) is 0 Å². The van der Waals surface area contributed by atoms with Crippen LogP contribution >= 0.6 is 0 Å². The molecule has 0 fully saturated rings. The van der Waals surface area contributed by atoms with Gasteiger partial charge in [0.15, 0.2) is 0 Å². The summed E-state index contributed by atoms with van der Waals surface area (Å²) in [6.07, 6.45) is -3.15. The topological polar surface area (TPSA) is 143 Å².